The Hall–Kier alpha value is -1.47. The molecule has 2 aromatic carbocycles. The lowest BCUT2D eigenvalue weighted by atomic mass is 10.0. The molecule has 1 nitrogen and oxygen atoms in total. The molecule has 0 aliphatic carbocycles. The predicted octanol–water partition coefficient (Wildman–Crippen LogP) is 6.87. The van der Waals surface area contributed by atoms with Crippen LogP contribution < -0.4 is 4.74 Å². The van der Waals surface area contributed by atoms with E-state index < -0.39 is 0 Å². The molecule has 0 amide bonds. The average Bonchev–Trinajstić information content (AvgIpc) is 2.64. The second-order valence-corrected chi connectivity index (χ2v) is 6.58. The Kier molecular flexibility index (Phi) is 8.76. The van der Waals surface area contributed by atoms with E-state index in [1.54, 1.807) is 0 Å². The molecule has 0 atom stereocenters. The van der Waals surface area contributed by atoms with Crippen molar-refractivity contribution in [2.24, 2.45) is 0 Å². The topological polar surface area (TPSA) is 9.23 Å². The SMILES string of the molecule is CCc1ccc(-c2ccccc2OCCCCCCCCCl)cc1. The minimum absolute atomic E-state index is 0.791. The first-order chi connectivity index (χ1) is 11.8. The van der Waals surface area contributed by atoms with Crippen LogP contribution in [-0.2, 0) is 6.42 Å². The summed E-state index contributed by atoms with van der Waals surface area (Å²) >= 11 is 5.69. The van der Waals surface area contributed by atoms with E-state index in [1.165, 1.54) is 42.4 Å². The Morgan fingerprint density at radius 2 is 1.46 bits per heavy atom. The van der Waals surface area contributed by atoms with Gasteiger partial charge >= 0.3 is 0 Å². The second kappa shape index (κ2) is 11.1. The van der Waals surface area contributed by atoms with Gasteiger partial charge in [-0.2, -0.15) is 0 Å². The molecule has 0 bridgehead atoms. The van der Waals surface area contributed by atoms with Gasteiger partial charge in [0.05, 0.1) is 6.61 Å². The Bertz CT molecular complexity index is 577. The van der Waals surface area contributed by atoms with Crippen LogP contribution in [0.3, 0.4) is 0 Å². The minimum Gasteiger partial charge on any atom is -0.493 e. The van der Waals surface area contributed by atoms with Crippen LogP contribution in [0, 0.1) is 0 Å². The summed E-state index contributed by atoms with van der Waals surface area (Å²) in [4.78, 5) is 0. The van der Waals surface area contributed by atoms with Crippen molar-refractivity contribution in [1.82, 2.24) is 0 Å². The number of alkyl halides is 1. The van der Waals surface area contributed by atoms with Gasteiger partial charge in [-0.3, -0.25) is 0 Å². The summed E-state index contributed by atoms with van der Waals surface area (Å²) < 4.78 is 6.05. The van der Waals surface area contributed by atoms with Crippen molar-refractivity contribution >= 4 is 11.6 Å². The van der Waals surface area contributed by atoms with Crippen molar-refractivity contribution in [3.05, 3.63) is 54.1 Å². The lowest BCUT2D eigenvalue weighted by Crippen LogP contribution is -1.99. The highest BCUT2D eigenvalue weighted by Gasteiger charge is 2.05. The molecule has 2 rings (SSSR count). The first-order valence-corrected chi connectivity index (χ1v) is 9.75. The number of benzene rings is 2. The summed E-state index contributed by atoms with van der Waals surface area (Å²) in [7, 11) is 0. The molecule has 0 aliphatic heterocycles. The van der Waals surface area contributed by atoms with E-state index in [2.05, 4.69) is 49.4 Å². The van der Waals surface area contributed by atoms with E-state index in [0.717, 1.165) is 37.5 Å². The fraction of sp³-hybridized carbons (Fsp3) is 0.455. The quantitative estimate of drug-likeness (QED) is 0.319. The summed E-state index contributed by atoms with van der Waals surface area (Å²) in [5.74, 6) is 1.78. The van der Waals surface area contributed by atoms with Gasteiger partial charge in [0.1, 0.15) is 5.75 Å². The van der Waals surface area contributed by atoms with Gasteiger partial charge in [-0.25, -0.2) is 0 Å². The number of unbranched alkanes of at least 4 members (excludes halogenated alkanes) is 5. The predicted molar refractivity (Wildman–Crippen MR) is 105 cm³/mol. The van der Waals surface area contributed by atoms with Crippen molar-refractivity contribution in [1.29, 1.82) is 0 Å². The molecule has 0 N–H and O–H groups in total. The van der Waals surface area contributed by atoms with Crippen LogP contribution >= 0.6 is 11.6 Å². The fourth-order valence-electron chi connectivity index (χ4n) is 2.84. The smallest absolute Gasteiger partial charge is 0.127 e. The third-order valence-corrected chi connectivity index (χ3v) is 4.61. The summed E-state index contributed by atoms with van der Waals surface area (Å²) in [5, 5.41) is 0. The van der Waals surface area contributed by atoms with Crippen LogP contribution in [0.4, 0.5) is 0 Å². The van der Waals surface area contributed by atoms with Gasteiger partial charge in [-0.1, -0.05) is 75.1 Å². The molecule has 0 saturated heterocycles. The molecule has 2 aromatic rings. The van der Waals surface area contributed by atoms with Crippen LogP contribution in [0.25, 0.3) is 11.1 Å². The molecule has 0 aromatic heterocycles. The van der Waals surface area contributed by atoms with Crippen LogP contribution in [0.5, 0.6) is 5.75 Å². The molecule has 0 aliphatic rings. The molecule has 0 fully saturated rings. The van der Waals surface area contributed by atoms with Crippen molar-refractivity contribution in [3.63, 3.8) is 0 Å². The number of para-hydroxylation sites is 1. The third-order valence-electron chi connectivity index (χ3n) is 4.35. The maximum atomic E-state index is 6.05. The number of aryl methyl sites for hydroxylation is 1. The normalized spacial score (nSPS) is 10.8. The zero-order chi connectivity index (χ0) is 17.0. The molecule has 0 spiro atoms. The Morgan fingerprint density at radius 1 is 0.792 bits per heavy atom. The van der Waals surface area contributed by atoms with Gasteiger partial charge in [0.2, 0.25) is 0 Å². The van der Waals surface area contributed by atoms with Crippen LogP contribution in [0.2, 0.25) is 0 Å². The van der Waals surface area contributed by atoms with E-state index in [-0.39, 0.29) is 0 Å². The van der Waals surface area contributed by atoms with Crippen molar-refractivity contribution in [3.8, 4) is 16.9 Å². The standard InChI is InChI=1S/C22H29ClO/c1-2-19-13-15-20(16-14-19)21-11-7-8-12-22(21)24-18-10-6-4-3-5-9-17-23/h7-8,11-16H,2-6,9-10,17-18H2,1H3. The summed E-state index contributed by atoms with van der Waals surface area (Å²) in [6, 6.07) is 17.1. The summed E-state index contributed by atoms with van der Waals surface area (Å²) in [5.41, 5.74) is 3.78. The average molecular weight is 345 g/mol. The molecule has 0 radical (unpaired) electrons. The van der Waals surface area contributed by atoms with Gasteiger partial charge in [0.15, 0.2) is 0 Å². The van der Waals surface area contributed by atoms with E-state index in [9.17, 15) is 0 Å². The highest BCUT2D eigenvalue weighted by Crippen LogP contribution is 2.30. The number of rotatable bonds is 11. The minimum atomic E-state index is 0.791. The van der Waals surface area contributed by atoms with Gasteiger partial charge in [-0.05, 0) is 36.5 Å². The second-order valence-electron chi connectivity index (χ2n) is 6.21. The molecule has 0 heterocycles. The van der Waals surface area contributed by atoms with E-state index in [0.29, 0.717) is 0 Å². The first-order valence-electron chi connectivity index (χ1n) is 9.22. The largest absolute Gasteiger partial charge is 0.493 e. The van der Waals surface area contributed by atoms with Gasteiger partial charge < -0.3 is 4.74 Å². The highest BCUT2D eigenvalue weighted by atomic mass is 35.5. The molecular weight excluding hydrogens is 316 g/mol. The van der Waals surface area contributed by atoms with Gasteiger partial charge in [0, 0.05) is 11.4 Å². The fourth-order valence-corrected chi connectivity index (χ4v) is 3.03. The molecular formula is C22H29ClO. The van der Waals surface area contributed by atoms with E-state index in [1.807, 2.05) is 6.07 Å². The molecule has 2 heteroatoms. The van der Waals surface area contributed by atoms with Crippen molar-refractivity contribution in [2.75, 3.05) is 12.5 Å². The van der Waals surface area contributed by atoms with E-state index >= 15 is 0 Å². The maximum absolute atomic E-state index is 6.05. The summed E-state index contributed by atoms with van der Waals surface area (Å²) in [6.45, 7) is 2.97. The maximum Gasteiger partial charge on any atom is 0.127 e. The van der Waals surface area contributed by atoms with Crippen LogP contribution in [0.1, 0.15) is 51.0 Å². The van der Waals surface area contributed by atoms with Crippen molar-refractivity contribution in [2.45, 2.75) is 51.9 Å². The number of halogens is 1. The zero-order valence-corrected chi connectivity index (χ0v) is 15.5. The Morgan fingerprint density at radius 3 is 2.17 bits per heavy atom. The number of ether oxygens (including phenoxy) is 1. The lowest BCUT2D eigenvalue weighted by Gasteiger charge is -2.12. The highest BCUT2D eigenvalue weighted by molar-refractivity contribution is 6.17. The summed E-state index contributed by atoms with van der Waals surface area (Å²) in [6.07, 6.45) is 8.37. The van der Waals surface area contributed by atoms with Crippen molar-refractivity contribution < 1.29 is 4.74 Å². The lowest BCUT2D eigenvalue weighted by molar-refractivity contribution is 0.305. The third kappa shape index (κ3) is 6.20. The molecule has 0 saturated carbocycles. The monoisotopic (exact) mass is 344 g/mol. The van der Waals surface area contributed by atoms with Crippen LogP contribution in [-0.4, -0.2) is 12.5 Å². The number of hydrogen-bond acceptors (Lipinski definition) is 1. The number of hydrogen-bond donors (Lipinski definition) is 0. The van der Waals surface area contributed by atoms with Crippen LogP contribution in [0.15, 0.2) is 48.5 Å². The molecule has 130 valence electrons. The Balaban J connectivity index is 1.83. The molecule has 0 unspecified atom stereocenters. The molecule has 24 heavy (non-hydrogen) atoms. The zero-order valence-electron chi connectivity index (χ0n) is 14.8. The Labute approximate surface area is 152 Å². The first kappa shape index (κ1) is 18.9. The van der Waals surface area contributed by atoms with Gasteiger partial charge in [-0.15, -0.1) is 11.6 Å². The van der Waals surface area contributed by atoms with Gasteiger partial charge in [0.25, 0.3) is 0 Å². The van der Waals surface area contributed by atoms with E-state index in [4.69, 9.17) is 16.3 Å².